The van der Waals surface area contributed by atoms with Gasteiger partial charge in [-0.15, -0.1) is 0 Å². The van der Waals surface area contributed by atoms with E-state index >= 15 is 0 Å². The van der Waals surface area contributed by atoms with E-state index in [2.05, 4.69) is 67.8 Å². The van der Waals surface area contributed by atoms with Crippen molar-refractivity contribution in [3.63, 3.8) is 0 Å². The van der Waals surface area contributed by atoms with Gasteiger partial charge in [-0.25, -0.2) is 9.97 Å². The van der Waals surface area contributed by atoms with Gasteiger partial charge in [-0.05, 0) is 53.5 Å². The van der Waals surface area contributed by atoms with Gasteiger partial charge in [0.2, 0.25) is 0 Å². The molecular weight excluding hydrogens is 342 g/mol. The fourth-order valence-electron chi connectivity index (χ4n) is 2.68. The van der Waals surface area contributed by atoms with E-state index in [0.29, 0.717) is 16.2 Å². The molecule has 0 unspecified atom stereocenters. The SMILES string of the molecule is CCc1cc2cc(Nc3nc(Br)cnc3N)ccc2n1CC. The van der Waals surface area contributed by atoms with Crippen LogP contribution in [0.3, 0.4) is 0 Å². The van der Waals surface area contributed by atoms with Crippen molar-refractivity contribution in [3.05, 3.63) is 40.8 Å². The largest absolute Gasteiger partial charge is 0.381 e. The number of nitrogens with zero attached hydrogens (tertiary/aromatic N) is 3. The monoisotopic (exact) mass is 359 g/mol. The molecule has 5 nitrogen and oxygen atoms in total. The molecule has 0 spiro atoms. The van der Waals surface area contributed by atoms with Gasteiger partial charge in [0, 0.05) is 28.8 Å². The number of hydrogen-bond acceptors (Lipinski definition) is 4. The van der Waals surface area contributed by atoms with Crippen LogP contribution in [0.15, 0.2) is 35.1 Å². The van der Waals surface area contributed by atoms with Crippen LogP contribution in [-0.4, -0.2) is 14.5 Å². The van der Waals surface area contributed by atoms with Gasteiger partial charge in [0.25, 0.3) is 0 Å². The van der Waals surface area contributed by atoms with Gasteiger partial charge in [0.05, 0.1) is 6.20 Å². The normalized spacial score (nSPS) is 11.0. The molecule has 6 heteroatoms. The Morgan fingerprint density at radius 3 is 2.82 bits per heavy atom. The third-order valence-electron chi connectivity index (χ3n) is 3.70. The third kappa shape index (κ3) is 2.66. The Kier molecular flexibility index (Phi) is 4.02. The predicted molar refractivity (Wildman–Crippen MR) is 94.4 cm³/mol. The molecule has 0 bridgehead atoms. The topological polar surface area (TPSA) is 68.8 Å². The van der Waals surface area contributed by atoms with E-state index < -0.39 is 0 Å². The van der Waals surface area contributed by atoms with Gasteiger partial charge < -0.3 is 15.6 Å². The summed E-state index contributed by atoms with van der Waals surface area (Å²) in [5, 5.41) is 4.45. The van der Waals surface area contributed by atoms with Gasteiger partial charge in [0.1, 0.15) is 4.60 Å². The highest BCUT2D eigenvalue weighted by Gasteiger charge is 2.08. The minimum absolute atomic E-state index is 0.378. The molecule has 3 rings (SSSR count). The van der Waals surface area contributed by atoms with Crippen LogP contribution in [-0.2, 0) is 13.0 Å². The maximum atomic E-state index is 5.86. The number of aromatic nitrogens is 3. The molecule has 0 atom stereocenters. The van der Waals surface area contributed by atoms with Crippen molar-refractivity contribution in [3.8, 4) is 0 Å². The van der Waals surface area contributed by atoms with E-state index in [4.69, 9.17) is 5.73 Å². The van der Waals surface area contributed by atoms with Gasteiger partial charge >= 0.3 is 0 Å². The van der Waals surface area contributed by atoms with E-state index in [9.17, 15) is 0 Å². The number of aryl methyl sites for hydroxylation is 2. The molecule has 2 aromatic heterocycles. The number of nitrogens with two attached hydrogens (primary N) is 1. The maximum Gasteiger partial charge on any atom is 0.174 e. The molecule has 0 aliphatic carbocycles. The number of benzene rings is 1. The summed E-state index contributed by atoms with van der Waals surface area (Å²) in [6, 6.07) is 8.51. The zero-order valence-electron chi connectivity index (χ0n) is 12.6. The summed E-state index contributed by atoms with van der Waals surface area (Å²) in [5.41, 5.74) is 9.40. The summed E-state index contributed by atoms with van der Waals surface area (Å²) in [5.74, 6) is 0.933. The molecule has 22 heavy (non-hydrogen) atoms. The highest BCUT2D eigenvalue weighted by atomic mass is 79.9. The van der Waals surface area contributed by atoms with Crippen LogP contribution in [0.2, 0.25) is 0 Å². The van der Waals surface area contributed by atoms with Crippen molar-refractivity contribution in [2.45, 2.75) is 26.8 Å². The summed E-state index contributed by atoms with van der Waals surface area (Å²) in [7, 11) is 0. The Morgan fingerprint density at radius 2 is 2.09 bits per heavy atom. The fourth-order valence-corrected chi connectivity index (χ4v) is 2.96. The number of halogens is 1. The van der Waals surface area contributed by atoms with Crippen LogP contribution in [0.1, 0.15) is 19.5 Å². The highest BCUT2D eigenvalue weighted by molar-refractivity contribution is 9.10. The zero-order chi connectivity index (χ0) is 15.7. The lowest BCUT2D eigenvalue weighted by atomic mass is 10.2. The van der Waals surface area contributed by atoms with Crippen LogP contribution < -0.4 is 11.1 Å². The first-order valence-electron chi connectivity index (χ1n) is 7.29. The number of rotatable bonds is 4. The minimum atomic E-state index is 0.378. The smallest absolute Gasteiger partial charge is 0.174 e. The van der Waals surface area contributed by atoms with E-state index in [1.54, 1.807) is 6.20 Å². The molecule has 114 valence electrons. The van der Waals surface area contributed by atoms with Gasteiger partial charge in [-0.3, -0.25) is 0 Å². The van der Waals surface area contributed by atoms with Crippen LogP contribution in [0.5, 0.6) is 0 Å². The number of nitrogen functional groups attached to an aromatic ring is 1. The molecule has 0 aliphatic heterocycles. The van der Waals surface area contributed by atoms with E-state index in [-0.39, 0.29) is 0 Å². The Bertz CT molecular complexity index is 825. The van der Waals surface area contributed by atoms with E-state index in [1.165, 1.54) is 16.6 Å². The zero-order valence-corrected chi connectivity index (χ0v) is 14.2. The fraction of sp³-hybridized carbons (Fsp3) is 0.250. The first-order valence-corrected chi connectivity index (χ1v) is 8.08. The standard InChI is InChI=1S/C16H18BrN5/c1-3-12-8-10-7-11(5-6-13(10)22(12)4-2)20-16-15(18)19-9-14(17)21-16/h5-9H,3-4H2,1-2H3,(H2,18,19)(H,20,21). The van der Waals surface area contributed by atoms with Crippen molar-refractivity contribution in [2.75, 3.05) is 11.1 Å². The molecule has 0 amide bonds. The average Bonchev–Trinajstić information content (AvgIpc) is 2.87. The first kappa shape index (κ1) is 14.8. The molecule has 2 heterocycles. The van der Waals surface area contributed by atoms with Crippen LogP contribution in [0, 0.1) is 0 Å². The lowest BCUT2D eigenvalue weighted by Crippen LogP contribution is -2.02. The van der Waals surface area contributed by atoms with Crippen molar-refractivity contribution in [2.24, 2.45) is 0 Å². The molecule has 0 saturated heterocycles. The second-order valence-corrected chi connectivity index (χ2v) is 5.87. The Morgan fingerprint density at radius 1 is 1.27 bits per heavy atom. The molecular formula is C16H18BrN5. The molecule has 1 aromatic carbocycles. The number of anilines is 3. The number of nitrogens with one attached hydrogen (secondary N) is 1. The summed E-state index contributed by atoms with van der Waals surface area (Å²) < 4.78 is 2.99. The van der Waals surface area contributed by atoms with Crippen molar-refractivity contribution in [1.29, 1.82) is 0 Å². The van der Waals surface area contributed by atoms with Gasteiger partial charge in [0.15, 0.2) is 11.6 Å². The Labute approximate surface area is 137 Å². The minimum Gasteiger partial charge on any atom is -0.381 e. The Balaban J connectivity index is 2.00. The summed E-state index contributed by atoms with van der Waals surface area (Å²) >= 11 is 3.31. The molecule has 0 saturated carbocycles. The average molecular weight is 360 g/mol. The third-order valence-corrected chi connectivity index (χ3v) is 4.08. The van der Waals surface area contributed by atoms with E-state index in [0.717, 1.165) is 18.7 Å². The van der Waals surface area contributed by atoms with Crippen molar-refractivity contribution < 1.29 is 0 Å². The lowest BCUT2D eigenvalue weighted by molar-refractivity contribution is 0.746. The maximum absolute atomic E-state index is 5.86. The highest BCUT2D eigenvalue weighted by Crippen LogP contribution is 2.27. The predicted octanol–water partition coefficient (Wildman–Crippen LogP) is 4.10. The van der Waals surface area contributed by atoms with Crippen molar-refractivity contribution in [1.82, 2.24) is 14.5 Å². The van der Waals surface area contributed by atoms with Crippen LogP contribution in [0.25, 0.3) is 10.9 Å². The Hall–Kier alpha value is -2.08. The quantitative estimate of drug-likeness (QED) is 0.735. The molecule has 0 aliphatic rings. The molecule has 0 fully saturated rings. The van der Waals surface area contributed by atoms with Crippen molar-refractivity contribution >= 4 is 44.2 Å². The lowest BCUT2D eigenvalue weighted by Gasteiger charge is -2.09. The number of hydrogen-bond donors (Lipinski definition) is 2. The van der Waals surface area contributed by atoms with Gasteiger partial charge in [-0.2, -0.15) is 0 Å². The second kappa shape index (κ2) is 5.96. The van der Waals surface area contributed by atoms with Crippen LogP contribution in [0.4, 0.5) is 17.3 Å². The molecule has 3 N–H and O–H groups in total. The molecule has 3 aromatic rings. The van der Waals surface area contributed by atoms with Crippen LogP contribution >= 0.6 is 15.9 Å². The summed E-state index contributed by atoms with van der Waals surface area (Å²) in [4.78, 5) is 8.40. The second-order valence-electron chi connectivity index (χ2n) is 5.06. The first-order chi connectivity index (χ1) is 10.6. The summed E-state index contributed by atoms with van der Waals surface area (Å²) in [6.07, 6.45) is 2.61. The molecule has 0 radical (unpaired) electrons. The summed E-state index contributed by atoms with van der Waals surface area (Å²) in [6.45, 7) is 5.32. The van der Waals surface area contributed by atoms with E-state index in [1.807, 2.05) is 6.07 Å². The van der Waals surface area contributed by atoms with Gasteiger partial charge in [-0.1, -0.05) is 6.92 Å². The number of fused-ring (bicyclic) bond motifs is 1.